The summed E-state index contributed by atoms with van der Waals surface area (Å²) in [6, 6.07) is 5.86. The van der Waals surface area contributed by atoms with Crippen LogP contribution in [0.15, 0.2) is 24.3 Å². The Bertz CT molecular complexity index is 503. The number of nitro groups is 1. The first kappa shape index (κ1) is 14.4. The van der Waals surface area contributed by atoms with Crippen LogP contribution in [-0.2, 0) is 14.3 Å². The molecule has 0 aromatic heterocycles. The Morgan fingerprint density at radius 3 is 2.85 bits per heavy atom. The van der Waals surface area contributed by atoms with E-state index in [1.807, 2.05) is 0 Å². The fourth-order valence-electron chi connectivity index (χ4n) is 1.88. The summed E-state index contributed by atoms with van der Waals surface area (Å²) in [4.78, 5) is 21.6. The molecule has 108 valence electrons. The maximum atomic E-state index is 11.4. The number of carbonyl (C=O) groups excluding carboxylic acids is 1. The number of nitrogens with zero attached hydrogens (tertiary/aromatic N) is 1. The Morgan fingerprint density at radius 2 is 2.20 bits per heavy atom. The highest BCUT2D eigenvalue weighted by atomic mass is 16.6. The lowest BCUT2D eigenvalue weighted by Gasteiger charge is -2.34. The maximum Gasteiger partial charge on any atom is 0.273 e. The highest BCUT2D eigenvalue weighted by molar-refractivity contribution is 5.90. The molecule has 1 fully saturated rings. The molecule has 7 heteroatoms. The molecule has 1 aliphatic carbocycles. The lowest BCUT2D eigenvalue weighted by Crippen LogP contribution is -2.52. The molecule has 2 unspecified atom stereocenters. The molecule has 0 spiro atoms. The van der Waals surface area contributed by atoms with Crippen molar-refractivity contribution in [2.45, 2.75) is 18.6 Å². The van der Waals surface area contributed by atoms with Gasteiger partial charge in [-0.05, 0) is 6.07 Å². The molecule has 1 aromatic carbocycles. The Hall–Kier alpha value is -1.99. The van der Waals surface area contributed by atoms with Crippen molar-refractivity contribution in [3.8, 4) is 5.75 Å². The minimum Gasteiger partial charge on any atom is -0.487 e. The van der Waals surface area contributed by atoms with Gasteiger partial charge < -0.3 is 14.2 Å². The number of nitro benzene ring substituents is 1. The Kier molecular flexibility index (Phi) is 4.65. The first-order chi connectivity index (χ1) is 9.61. The fraction of sp³-hybridized carbons (Fsp3) is 0.462. The van der Waals surface area contributed by atoms with Gasteiger partial charge in [-0.1, -0.05) is 6.07 Å². The zero-order chi connectivity index (χ0) is 14.5. The lowest BCUT2D eigenvalue weighted by molar-refractivity contribution is -0.385. The molecular formula is C13H15NO6. The van der Waals surface area contributed by atoms with Crippen molar-refractivity contribution in [3.05, 3.63) is 34.4 Å². The van der Waals surface area contributed by atoms with E-state index in [2.05, 4.69) is 0 Å². The third kappa shape index (κ3) is 3.31. The van der Waals surface area contributed by atoms with E-state index in [1.54, 1.807) is 13.2 Å². The first-order valence-corrected chi connectivity index (χ1v) is 6.16. The van der Waals surface area contributed by atoms with Crippen molar-refractivity contribution >= 4 is 11.5 Å². The van der Waals surface area contributed by atoms with Gasteiger partial charge in [0.15, 0.2) is 11.9 Å². The average Bonchev–Trinajstić information content (AvgIpc) is 2.43. The van der Waals surface area contributed by atoms with E-state index in [1.165, 1.54) is 18.2 Å². The summed E-state index contributed by atoms with van der Waals surface area (Å²) >= 11 is 0. The predicted molar refractivity (Wildman–Crippen MR) is 68.8 cm³/mol. The molecule has 0 heterocycles. The predicted octanol–water partition coefficient (Wildman–Crippen LogP) is 1.35. The summed E-state index contributed by atoms with van der Waals surface area (Å²) in [5.74, 6) is 0.327. The van der Waals surface area contributed by atoms with E-state index in [0.717, 1.165) is 0 Å². The Morgan fingerprint density at radius 1 is 1.40 bits per heavy atom. The normalized spacial score (nSPS) is 21.4. The Labute approximate surface area is 115 Å². The molecule has 0 aliphatic heterocycles. The van der Waals surface area contributed by atoms with Gasteiger partial charge in [-0.15, -0.1) is 0 Å². The van der Waals surface area contributed by atoms with Gasteiger partial charge in [0, 0.05) is 19.6 Å². The third-order valence-electron chi connectivity index (χ3n) is 2.96. The van der Waals surface area contributed by atoms with E-state index in [0.29, 0.717) is 19.0 Å². The highest BCUT2D eigenvalue weighted by Crippen LogP contribution is 2.27. The molecule has 1 aliphatic rings. The quantitative estimate of drug-likeness (QED) is 0.426. The second-order valence-electron chi connectivity index (χ2n) is 4.37. The molecular weight excluding hydrogens is 266 g/mol. The summed E-state index contributed by atoms with van der Waals surface area (Å²) in [6.45, 7) is 0.703. The van der Waals surface area contributed by atoms with Gasteiger partial charge in [0.1, 0.15) is 11.9 Å². The van der Waals surface area contributed by atoms with Crippen LogP contribution < -0.4 is 4.74 Å². The minimum absolute atomic E-state index is 0.0310. The largest absolute Gasteiger partial charge is 0.487 e. The van der Waals surface area contributed by atoms with Crippen LogP contribution in [0.5, 0.6) is 5.75 Å². The third-order valence-corrected chi connectivity index (χ3v) is 2.96. The molecule has 2 atom stereocenters. The summed E-state index contributed by atoms with van der Waals surface area (Å²) in [7, 11) is 1.54. The second-order valence-corrected chi connectivity index (χ2v) is 4.37. The number of hydrogen-bond acceptors (Lipinski definition) is 6. The van der Waals surface area contributed by atoms with Crippen LogP contribution in [0.25, 0.3) is 0 Å². The van der Waals surface area contributed by atoms with E-state index < -0.39 is 17.1 Å². The number of ether oxygens (including phenoxy) is 3. The van der Waals surface area contributed by atoms with Gasteiger partial charge in [0.2, 0.25) is 0 Å². The van der Waals surface area contributed by atoms with Crippen LogP contribution in [0.3, 0.4) is 0 Å². The number of ketones is 1. The lowest BCUT2D eigenvalue weighted by atomic mass is 9.90. The Balaban J connectivity index is 1.94. The highest BCUT2D eigenvalue weighted by Gasteiger charge is 2.42. The maximum absolute atomic E-state index is 11.4. The number of hydrogen-bond donors (Lipinski definition) is 0. The van der Waals surface area contributed by atoms with Crippen LogP contribution in [0.2, 0.25) is 0 Å². The van der Waals surface area contributed by atoms with E-state index >= 15 is 0 Å². The van der Waals surface area contributed by atoms with Crippen molar-refractivity contribution in [3.63, 3.8) is 0 Å². The monoisotopic (exact) mass is 281 g/mol. The molecule has 0 bridgehead atoms. The summed E-state index contributed by atoms with van der Waals surface area (Å²) in [5.41, 5.74) is -0.0509. The van der Waals surface area contributed by atoms with E-state index in [-0.39, 0.29) is 17.9 Å². The number of non-ortho nitro benzene ring substituents is 1. The number of Topliss-reactive ketones (excluding diaryl/α,β-unsaturated/α-hetero) is 1. The molecule has 0 saturated heterocycles. The van der Waals surface area contributed by atoms with Crippen molar-refractivity contribution < 1.29 is 23.9 Å². The van der Waals surface area contributed by atoms with Crippen LogP contribution >= 0.6 is 0 Å². The van der Waals surface area contributed by atoms with Crippen LogP contribution in [0, 0.1) is 10.1 Å². The number of rotatable bonds is 7. The SMILES string of the molecule is COCCOC1C(=O)CC1Oc1cccc([N+](=O)[O-])c1. The number of carbonyl (C=O) groups is 1. The second kappa shape index (κ2) is 6.44. The summed E-state index contributed by atoms with van der Waals surface area (Å²) < 4.78 is 15.8. The number of methoxy groups -OCH3 is 1. The van der Waals surface area contributed by atoms with Gasteiger partial charge in [0.25, 0.3) is 5.69 Å². The summed E-state index contributed by atoms with van der Waals surface area (Å²) in [5, 5.41) is 10.7. The molecule has 0 amide bonds. The molecule has 1 aromatic rings. The fourth-order valence-corrected chi connectivity index (χ4v) is 1.88. The van der Waals surface area contributed by atoms with Crippen molar-refractivity contribution in [1.29, 1.82) is 0 Å². The van der Waals surface area contributed by atoms with Crippen molar-refractivity contribution in [2.75, 3.05) is 20.3 Å². The van der Waals surface area contributed by atoms with Crippen LogP contribution in [-0.4, -0.2) is 43.2 Å². The van der Waals surface area contributed by atoms with Gasteiger partial charge in [-0.3, -0.25) is 14.9 Å². The van der Waals surface area contributed by atoms with Gasteiger partial charge in [-0.25, -0.2) is 0 Å². The zero-order valence-electron chi connectivity index (χ0n) is 11.0. The summed E-state index contributed by atoms with van der Waals surface area (Å²) in [6.07, 6.45) is -0.772. The standard InChI is InChI=1S/C13H15NO6/c1-18-5-6-19-13-11(15)8-12(13)20-10-4-2-3-9(7-10)14(16)17/h2-4,7,12-13H,5-6,8H2,1H3. The average molecular weight is 281 g/mol. The van der Waals surface area contributed by atoms with E-state index in [9.17, 15) is 14.9 Å². The zero-order valence-corrected chi connectivity index (χ0v) is 11.0. The first-order valence-electron chi connectivity index (χ1n) is 6.16. The van der Waals surface area contributed by atoms with Gasteiger partial charge in [-0.2, -0.15) is 0 Å². The van der Waals surface area contributed by atoms with Crippen molar-refractivity contribution in [1.82, 2.24) is 0 Å². The number of benzene rings is 1. The molecule has 2 rings (SSSR count). The van der Waals surface area contributed by atoms with Gasteiger partial charge >= 0.3 is 0 Å². The molecule has 7 nitrogen and oxygen atoms in total. The minimum atomic E-state index is -0.621. The van der Waals surface area contributed by atoms with E-state index in [4.69, 9.17) is 14.2 Å². The molecule has 20 heavy (non-hydrogen) atoms. The van der Waals surface area contributed by atoms with Crippen LogP contribution in [0.4, 0.5) is 5.69 Å². The van der Waals surface area contributed by atoms with Crippen molar-refractivity contribution in [2.24, 2.45) is 0 Å². The van der Waals surface area contributed by atoms with Crippen LogP contribution in [0.1, 0.15) is 6.42 Å². The molecule has 0 N–H and O–H groups in total. The topological polar surface area (TPSA) is 87.9 Å². The molecule has 1 saturated carbocycles. The van der Waals surface area contributed by atoms with Gasteiger partial charge in [0.05, 0.1) is 24.2 Å². The smallest absolute Gasteiger partial charge is 0.273 e. The molecule has 0 radical (unpaired) electrons.